The lowest BCUT2D eigenvalue weighted by Crippen LogP contribution is -2.20. The van der Waals surface area contributed by atoms with Crippen LogP contribution in [0.1, 0.15) is 63.9 Å². The van der Waals surface area contributed by atoms with E-state index < -0.39 is 0 Å². The van der Waals surface area contributed by atoms with Gasteiger partial charge in [-0.3, -0.25) is 0 Å². The van der Waals surface area contributed by atoms with Crippen molar-refractivity contribution < 1.29 is 0 Å². The number of imidazole rings is 1. The van der Waals surface area contributed by atoms with Crippen LogP contribution in [0.25, 0.3) is 0 Å². The van der Waals surface area contributed by atoms with Gasteiger partial charge in [0.1, 0.15) is 0 Å². The summed E-state index contributed by atoms with van der Waals surface area (Å²) in [4.78, 5) is 4.28. The fourth-order valence-electron chi connectivity index (χ4n) is 2.79. The molecule has 0 radical (unpaired) electrons. The molecule has 0 fully saturated rings. The summed E-state index contributed by atoms with van der Waals surface area (Å²) in [5, 5.41) is 3.57. The zero-order chi connectivity index (χ0) is 15.2. The van der Waals surface area contributed by atoms with Crippen LogP contribution in [0.15, 0.2) is 31.0 Å². The molecule has 4 heteroatoms. The van der Waals surface area contributed by atoms with E-state index in [9.17, 15) is 0 Å². The van der Waals surface area contributed by atoms with Crippen LogP contribution in [0, 0.1) is 0 Å². The van der Waals surface area contributed by atoms with Crippen LogP contribution < -0.4 is 5.32 Å². The third-order valence-corrected chi connectivity index (χ3v) is 3.85. The minimum atomic E-state index is 0.451. The molecule has 2 heterocycles. The van der Waals surface area contributed by atoms with Crippen LogP contribution in [-0.2, 0) is 6.54 Å². The van der Waals surface area contributed by atoms with Gasteiger partial charge in [0, 0.05) is 30.7 Å². The highest BCUT2D eigenvalue weighted by Crippen LogP contribution is 2.19. The topological polar surface area (TPSA) is 34.8 Å². The fraction of sp³-hybridized carbons (Fsp3) is 0.588. The normalized spacial score (nSPS) is 13.0. The van der Waals surface area contributed by atoms with E-state index in [1.807, 2.05) is 12.5 Å². The smallest absolute Gasteiger partial charge is 0.0951 e. The van der Waals surface area contributed by atoms with Gasteiger partial charge in [0.05, 0.1) is 18.6 Å². The zero-order valence-electron chi connectivity index (χ0n) is 13.7. The first kappa shape index (κ1) is 15.8. The van der Waals surface area contributed by atoms with Crippen molar-refractivity contribution in [2.24, 2.45) is 0 Å². The molecule has 0 aliphatic carbocycles. The molecule has 1 atom stereocenters. The van der Waals surface area contributed by atoms with E-state index in [2.05, 4.69) is 65.6 Å². The van der Waals surface area contributed by atoms with Crippen LogP contribution >= 0.6 is 0 Å². The van der Waals surface area contributed by atoms with Gasteiger partial charge >= 0.3 is 0 Å². The molecule has 21 heavy (non-hydrogen) atoms. The van der Waals surface area contributed by atoms with Crippen molar-refractivity contribution in [3.63, 3.8) is 0 Å². The first-order chi connectivity index (χ1) is 10.2. The Morgan fingerprint density at radius 3 is 2.76 bits per heavy atom. The molecule has 0 aromatic carbocycles. The summed E-state index contributed by atoms with van der Waals surface area (Å²) in [7, 11) is 0. The summed E-state index contributed by atoms with van der Waals surface area (Å²) >= 11 is 0. The molecule has 1 N–H and O–H groups in total. The van der Waals surface area contributed by atoms with Gasteiger partial charge in [-0.15, -0.1) is 0 Å². The molecular formula is C17H28N4. The molecule has 2 aromatic heterocycles. The lowest BCUT2D eigenvalue weighted by atomic mass is 10.1. The number of rotatable bonds is 8. The molecule has 0 amide bonds. The monoisotopic (exact) mass is 288 g/mol. The highest BCUT2D eigenvalue weighted by Gasteiger charge is 2.11. The Bertz CT molecular complexity index is 532. The summed E-state index contributed by atoms with van der Waals surface area (Å²) in [6, 6.07) is 3.15. The van der Waals surface area contributed by atoms with Crippen molar-refractivity contribution in [3.8, 4) is 0 Å². The van der Waals surface area contributed by atoms with Crippen molar-refractivity contribution in [3.05, 3.63) is 42.2 Å². The van der Waals surface area contributed by atoms with Crippen LogP contribution in [0.2, 0.25) is 0 Å². The first-order valence-corrected chi connectivity index (χ1v) is 8.05. The van der Waals surface area contributed by atoms with Crippen molar-refractivity contribution in [2.75, 3.05) is 6.54 Å². The van der Waals surface area contributed by atoms with E-state index in [4.69, 9.17) is 0 Å². The molecular weight excluding hydrogens is 260 g/mol. The molecule has 0 bridgehead atoms. The molecule has 0 aliphatic rings. The minimum Gasteiger partial charge on any atom is -0.348 e. The van der Waals surface area contributed by atoms with Crippen LogP contribution in [-0.4, -0.2) is 20.7 Å². The van der Waals surface area contributed by atoms with Gasteiger partial charge in [-0.05, 0) is 38.4 Å². The lowest BCUT2D eigenvalue weighted by Gasteiger charge is -2.16. The van der Waals surface area contributed by atoms with Gasteiger partial charge < -0.3 is 14.5 Å². The van der Waals surface area contributed by atoms with E-state index in [1.165, 1.54) is 24.1 Å². The number of nitrogens with zero attached hydrogens (tertiary/aromatic N) is 3. The third kappa shape index (κ3) is 3.97. The Morgan fingerprint density at radius 1 is 1.29 bits per heavy atom. The number of nitrogens with one attached hydrogen (secondary N) is 1. The van der Waals surface area contributed by atoms with E-state index in [0.717, 1.165) is 13.1 Å². The van der Waals surface area contributed by atoms with Gasteiger partial charge in [-0.2, -0.15) is 0 Å². The molecule has 0 spiro atoms. The van der Waals surface area contributed by atoms with Gasteiger partial charge in [0.15, 0.2) is 0 Å². The predicted octanol–water partition coefficient (Wildman–Crippen LogP) is 3.76. The van der Waals surface area contributed by atoms with Crippen molar-refractivity contribution in [2.45, 2.75) is 59.2 Å². The number of aromatic nitrogens is 3. The molecule has 1 unspecified atom stereocenters. The maximum absolute atomic E-state index is 4.28. The molecule has 2 rings (SSSR count). The molecule has 0 aliphatic heterocycles. The summed E-state index contributed by atoms with van der Waals surface area (Å²) < 4.78 is 4.48. The molecule has 4 nitrogen and oxygen atoms in total. The molecule has 0 saturated carbocycles. The summed E-state index contributed by atoms with van der Waals surface area (Å²) in [5.74, 6) is 0. The van der Waals surface area contributed by atoms with Gasteiger partial charge in [0.25, 0.3) is 0 Å². The van der Waals surface area contributed by atoms with Crippen molar-refractivity contribution in [1.29, 1.82) is 0 Å². The predicted molar refractivity (Wildman–Crippen MR) is 87.5 cm³/mol. The molecule has 2 aromatic rings. The van der Waals surface area contributed by atoms with Gasteiger partial charge in [-0.1, -0.05) is 20.3 Å². The second-order valence-corrected chi connectivity index (χ2v) is 5.90. The van der Waals surface area contributed by atoms with Crippen molar-refractivity contribution >= 4 is 0 Å². The van der Waals surface area contributed by atoms with E-state index >= 15 is 0 Å². The zero-order valence-corrected chi connectivity index (χ0v) is 13.7. The summed E-state index contributed by atoms with van der Waals surface area (Å²) in [5.41, 5.74) is 2.64. The second-order valence-electron chi connectivity index (χ2n) is 5.90. The average Bonchev–Trinajstić information content (AvgIpc) is 3.08. The third-order valence-electron chi connectivity index (χ3n) is 3.85. The maximum atomic E-state index is 4.28. The summed E-state index contributed by atoms with van der Waals surface area (Å²) in [6.07, 6.45) is 10.7. The Hall–Kier alpha value is -1.55. The van der Waals surface area contributed by atoms with Crippen LogP contribution in [0.4, 0.5) is 0 Å². The Morgan fingerprint density at radius 2 is 2.10 bits per heavy atom. The molecule has 116 valence electrons. The summed E-state index contributed by atoms with van der Waals surface area (Å²) in [6.45, 7) is 10.7. The van der Waals surface area contributed by atoms with Gasteiger partial charge in [-0.25, -0.2) is 4.98 Å². The first-order valence-electron chi connectivity index (χ1n) is 8.05. The number of hydrogen-bond acceptors (Lipinski definition) is 2. The Balaban J connectivity index is 2.10. The largest absolute Gasteiger partial charge is 0.348 e. The minimum absolute atomic E-state index is 0.451. The SMILES string of the molecule is CCCC(NCC)c1ccn(Cc2cncn2C(C)C)c1. The van der Waals surface area contributed by atoms with E-state index in [1.54, 1.807) is 0 Å². The fourth-order valence-corrected chi connectivity index (χ4v) is 2.79. The van der Waals surface area contributed by atoms with E-state index in [-0.39, 0.29) is 0 Å². The second kappa shape index (κ2) is 7.46. The number of hydrogen-bond donors (Lipinski definition) is 1. The highest BCUT2D eigenvalue weighted by molar-refractivity contribution is 5.16. The van der Waals surface area contributed by atoms with E-state index in [0.29, 0.717) is 12.1 Å². The highest BCUT2D eigenvalue weighted by atomic mass is 15.1. The average molecular weight is 288 g/mol. The maximum Gasteiger partial charge on any atom is 0.0951 e. The quantitative estimate of drug-likeness (QED) is 0.802. The Kier molecular flexibility index (Phi) is 5.62. The molecule has 0 saturated heterocycles. The standard InChI is InChI=1S/C17H28N4/c1-5-7-17(19-6-2)15-8-9-20(11-15)12-16-10-18-13-21(16)14(3)4/h8-11,13-14,17,19H,5-7,12H2,1-4H3. The van der Waals surface area contributed by atoms with Gasteiger partial charge in [0.2, 0.25) is 0 Å². The van der Waals surface area contributed by atoms with Crippen LogP contribution in [0.5, 0.6) is 0 Å². The Labute approximate surface area is 128 Å². The van der Waals surface area contributed by atoms with Crippen LogP contribution in [0.3, 0.4) is 0 Å². The van der Waals surface area contributed by atoms with Crippen molar-refractivity contribution in [1.82, 2.24) is 19.4 Å². The lowest BCUT2D eigenvalue weighted by molar-refractivity contribution is 0.508.